The van der Waals surface area contributed by atoms with Gasteiger partial charge in [0.25, 0.3) is 17.7 Å². The van der Waals surface area contributed by atoms with Gasteiger partial charge in [-0.2, -0.15) is 0 Å². The Hall–Kier alpha value is -5.77. The largest absolute Gasteiger partial charge is 0.371 e. The molecule has 1 unspecified atom stereocenters. The van der Waals surface area contributed by atoms with Gasteiger partial charge in [0.15, 0.2) is 11.5 Å². The van der Waals surface area contributed by atoms with Crippen molar-refractivity contribution in [3.8, 4) is 0 Å². The van der Waals surface area contributed by atoms with Crippen molar-refractivity contribution in [3.63, 3.8) is 0 Å². The summed E-state index contributed by atoms with van der Waals surface area (Å²) in [5.74, 6) is -0.689. The van der Waals surface area contributed by atoms with E-state index in [0.29, 0.717) is 28.8 Å². The van der Waals surface area contributed by atoms with E-state index in [1.165, 1.54) is 0 Å². The fraction of sp³-hybridized carbons (Fsp3) is 0.488. The first-order valence-corrected chi connectivity index (χ1v) is 20.2. The number of carbonyl (C=O) groups excluding carboxylic acids is 5. The molecule has 3 aromatic heterocycles. The van der Waals surface area contributed by atoms with Crippen LogP contribution in [-0.2, 0) is 9.59 Å². The van der Waals surface area contributed by atoms with E-state index < -0.39 is 23.8 Å². The van der Waals surface area contributed by atoms with Gasteiger partial charge in [0.1, 0.15) is 23.6 Å². The molecule has 296 valence electrons. The Morgan fingerprint density at radius 2 is 1.67 bits per heavy atom. The number of nitrogens with one attached hydrogen (secondary N) is 3. The number of hydrogen-bond donors (Lipinski definition) is 3. The van der Waals surface area contributed by atoms with Gasteiger partial charge < -0.3 is 25.0 Å². The van der Waals surface area contributed by atoms with Crippen molar-refractivity contribution < 1.29 is 24.0 Å². The van der Waals surface area contributed by atoms with Gasteiger partial charge in [-0.15, -0.1) is 0 Å². The molecule has 7 heterocycles. The molecule has 5 amide bonds. The van der Waals surface area contributed by atoms with E-state index in [0.717, 1.165) is 111 Å². The topological polar surface area (TPSA) is 188 Å². The van der Waals surface area contributed by atoms with Gasteiger partial charge in [0, 0.05) is 62.1 Å². The van der Waals surface area contributed by atoms with Crippen molar-refractivity contribution >= 4 is 52.2 Å². The Bertz CT molecular complexity index is 2240. The molecule has 1 saturated carbocycles. The van der Waals surface area contributed by atoms with Crippen molar-refractivity contribution in [1.82, 2.24) is 44.9 Å². The predicted octanol–water partition coefficient (Wildman–Crippen LogP) is 3.25. The summed E-state index contributed by atoms with van der Waals surface area (Å²) >= 11 is 0. The minimum Gasteiger partial charge on any atom is -0.371 e. The number of rotatable bonds is 10. The van der Waals surface area contributed by atoms with Crippen molar-refractivity contribution in [2.75, 3.05) is 42.9 Å². The molecule has 3 N–H and O–H groups in total. The maximum atomic E-state index is 13.3. The standard InChI is InChI=1S/C41H47N11O5/c1-24-3-2-4-32(45-24)38(54)47-27-19-29(20-27)51-23-44-35-36(42-22-43-37(35)51)46-26-12-15-49(16-13-26)14-9-25-10-17-50(18-11-25)28-5-6-30-31(21-28)41(57)52(40(30)56)33-7-8-34(53)48-39(33)55/h2-6,21-23,25-27,29,33H,7-20H2,1H3,(H,47,54)(H,42,43,46)(H,48,53,55). The number of anilines is 2. The molecular weight excluding hydrogens is 727 g/mol. The van der Waals surface area contributed by atoms with Crippen LogP contribution >= 0.6 is 0 Å². The smallest absolute Gasteiger partial charge is 0.270 e. The van der Waals surface area contributed by atoms with Crippen LogP contribution in [0.25, 0.3) is 11.2 Å². The first kappa shape index (κ1) is 36.8. The Kier molecular flexibility index (Phi) is 9.88. The fourth-order valence-corrected chi connectivity index (χ4v) is 9.08. The molecular formula is C41H47N11O5. The van der Waals surface area contributed by atoms with E-state index in [9.17, 15) is 24.0 Å². The molecule has 5 aliphatic rings. The quantitative estimate of drug-likeness (QED) is 0.200. The SMILES string of the molecule is Cc1cccc(C(=O)NC2CC(n3cnc4c(NC5CCN(CCC6CCN(c7ccc8c(c7)C(=O)N(C7CCC(=O)NC7=O)C8=O)CC6)CC5)ncnc43)C2)n1. The normalized spacial score (nSPS) is 23.4. The summed E-state index contributed by atoms with van der Waals surface area (Å²) in [7, 11) is 0. The summed E-state index contributed by atoms with van der Waals surface area (Å²) < 4.78 is 2.11. The van der Waals surface area contributed by atoms with E-state index >= 15 is 0 Å². The maximum absolute atomic E-state index is 13.3. The lowest BCUT2D eigenvalue weighted by atomic mass is 9.86. The summed E-state index contributed by atoms with van der Waals surface area (Å²) in [6.07, 6.45) is 10.6. The number of imidazole rings is 1. The molecule has 1 atom stereocenters. The van der Waals surface area contributed by atoms with Crippen LogP contribution in [0.4, 0.5) is 11.5 Å². The molecule has 0 bridgehead atoms. The van der Waals surface area contributed by atoms with Gasteiger partial charge in [0.2, 0.25) is 11.8 Å². The summed E-state index contributed by atoms with van der Waals surface area (Å²) in [6, 6.07) is 10.5. The summed E-state index contributed by atoms with van der Waals surface area (Å²) in [5, 5.41) is 9.02. The highest BCUT2D eigenvalue weighted by molar-refractivity contribution is 6.23. The summed E-state index contributed by atoms with van der Waals surface area (Å²) in [5.41, 5.74) is 4.39. The first-order valence-electron chi connectivity index (χ1n) is 20.2. The van der Waals surface area contributed by atoms with Crippen LogP contribution in [0.2, 0.25) is 0 Å². The van der Waals surface area contributed by atoms with Crippen LogP contribution in [0, 0.1) is 12.8 Å². The molecule has 0 radical (unpaired) electrons. The number of piperidine rings is 3. The molecule has 3 saturated heterocycles. The molecule has 4 fully saturated rings. The van der Waals surface area contributed by atoms with E-state index in [-0.39, 0.29) is 36.7 Å². The Morgan fingerprint density at radius 3 is 2.44 bits per heavy atom. The lowest BCUT2D eigenvalue weighted by Crippen LogP contribution is -2.54. The molecule has 4 aliphatic heterocycles. The highest BCUT2D eigenvalue weighted by Gasteiger charge is 2.45. The van der Waals surface area contributed by atoms with E-state index in [2.05, 4.69) is 45.3 Å². The van der Waals surface area contributed by atoms with E-state index in [4.69, 9.17) is 4.98 Å². The molecule has 0 spiro atoms. The minimum atomic E-state index is -0.962. The third kappa shape index (κ3) is 7.33. The first-order chi connectivity index (χ1) is 27.7. The van der Waals surface area contributed by atoms with Crippen LogP contribution in [0.5, 0.6) is 0 Å². The van der Waals surface area contributed by atoms with E-state index in [1.54, 1.807) is 24.5 Å². The van der Waals surface area contributed by atoms with Crippen LogP contribution in [0.1, 0.15) is 101 Å². The highest BCUT2D eigenvalue weighted by Crippen LogP contribution is 2.36. The number of aromatic nitrogens is 5. The average molecular weight is 774 g/mol. The number of fused-ring (bicyclic) bond motifs is 2. The molecule has 1 aliphatic carbocycles. The molecule has 9 rings (SSSR count). The summed E-state index contributed by atoms with van der Waals surface area (Å²) in [6.45, 7) is 6.73. The Morgan fingerprint density at radius 1 is 0.877 bits per heavy atom. The Balaban J connectivity index is 0.715. The molecule has 16 nitrogen and oxygen atoms in total. The summed E-state index contributed by atoms with van der Waals surface area (Å²) in [4.78, 5) is 87.2. The number of benzene rings is 1. The highest BCUT2D eigenvalue weighted by atomic mass is 16.2. The number of nitrogens with zero attached hydrogens (tertiary/aromatic N) is 8. The second kappa shape index (κ2) is 15.3. The van der Waals surface area contributed by atoms with Gasteiger partial charge in [-0.25, -0.2) is 19.9 Å². The van der Waals surface area contributed by atoms with Crippen molar-refractivity contribution in [3.05, 3.63) is 71.6 Å². The molecule has 4 aromatic rings. The average Bonchev–Trinajstić information content (AvgIpc) is 3.74. The van der Waals surface area contributed by atoms with Gasteiger partial charge in [0.05, 0.1) is 17.5 Å². The number of carbonyl (C=O) groups is 5. The molecule has 1 aromatic carbocycles. The van der Waals surface area contributed by atoms with Crippen molar-refractivity contribution in [1.29, 1.82) is 0 Å². The Labute approximate surface area is 329 Å². The third-order valence-electron chi connectivity index (χ3n) is 12.5. The zero-order valence-corrected chi connectivity index (χ0v) is 32.0. The van der Waals surface area contributed by atoms with Crippen LogP contribution in [-0.4, -0.2) is 115 Å². The van der Waals surface area contributed by atoms with E-state index in [1.807, 2.05) is 31.5 Å². The zero-order valence-electron chi connectivity index (χ0n) is 32.0. The van der Waals surface area contributed by atoms with Gasteiger partial charge >= 0.3 is 0 Å². The lowest BCUT2D eigenvalue weighted by Gasteiger charge is -2.36. The van der Waals surface area contributed by atoms with Gasteiger partial charge in [-0.05, 0) is 101 Å². The molecule has 16 heteroatoms. The fourth-order valence-electron chi connectivity index (χ4n) is 9.08. The van der Waals surface area contributed by atoms with Gasteiger partial charge in [-0.1, -0.05) is 6.07 Å². The van der Waals surface area contributed by atoms with Crippen molar-refractivity contribution in [2.24, 2.45) is 5.92 Å². The monoisotopic (exact) mass is 773 g/mol. The second-order valence-electron chi connectivity index (χ2n) is 16.2. The van der Waals surface area contributed by atoms with Crippen LogP contribution < -0.4 is 20.9 Å². The van der Waals surface area contributed by atoms with Crippen LogP contribution in [0.3, 0.4) is 0 Å². The van der Waals surface area contributed by atoms with Crippen LogP contribution in [0.15, 0.2) is 49.1 Å². The zero-order chi connectivity index (χ0) is 39.2. The number of likely N-dealkylation sites (tertiary alicyclic amines) is 1. The van der Waals surface area contributed by atoms with Gasteiger partial charge in [-0.3, -0.25) is 34.2 Å². The minimum absolute atomic E-state index is 0.0835. The van der Waals surface area contributed by atoms with Crippen molar-refractivity contribution in [2.45, 2.75) is 88.9 Å². The predicted molar refractivity (Wildman–Crippen MR) is 210 cm³/mol. The number of aryl methyl sites for hydroxylation is 1. The molecule has 57 heavy (non-hydrogen) atoms. The third-order valence-corrected chi connectivity index (χ3v) is 12.5. The maximum Gasteiger partial charge on any atom is 0.270 e. The lowest BCUT2D eigenvalue weighted by molar-refractivity contribution is -0.136. The number of imide groups is 2. The number of hydrogen-bond acceptors (Lipinski definition) is 12. The second-order valence-corrected chi connectivity index (χ2v) is 16.2. The number of pyridine rings is 1. The number of amides is 5.